The second kappa shape index (κ2) is 7.60. The molecule has 0 saturated carbocycles. The Morgan fingerprint density at radius 2 is 2.38 bits per heavy atom. The van der Waals surface area contributed by atoms with Crippen molar-refractivity contribution < 1.29 is 9.84 Å². The number of allylic oxidation sites excluding steroid dienone is 2. The summed E-state index contributed by atoms with van der Waals surface area (Å²) in [6, 6.07) is 0. The van der Waals surface area contributed by atoms with E-state index in [0.29, 0.717) is 13.0 Å². The molecule has 0 amide bonds. The fraction of sp³-hybridized carbons (Fsp3) is 0.615. The van der Waals surface area contributed by atoms with Gasteiger partial charge in [-0.1, -0.05) is 18.2 Å². The topological polar surface area (TPSA) is 32.7 Å². The van der Waals surface area contributed by atoms with Gasteiger partial charge in [-0.3, -0.25) is 7.05 Å². The van der Waals surface area contributed by atoms with E-state index in [0.717, 1.165) is 25.9 Å². The van der Waals surface area contributed by atoms with Gasteiger partial charge in [0.05, 0.1) is 0 Å². The maximum Gasteiger partial charge on any atom is 0.155 e. The van der Waals surface area contributed by atoms with Gasteiger partial charge in [0.2, 0.25) is 0 Å². The lowest BCUT2D eigenvalue weighted by atomic mass is 10.1. The quantitative estimate of drug-likeness (QED) is 0.531. The first kappa shape index (κ1) is 13.4. The molecular weight excluding hydrogens is 202 g/mol. The third kappa shape index (κ3) is 5.45. The fourth-order valence-corrected chi connectivity index (χ4v) is 1.69. The van der Waals surface area contributed by atoms with Gasteiger partial charge in [-0.25, -0.2) is 0 Å². The second-order valence-electron chi connectivity index (χ2n) is 4.01. The molecule has 0 saturated heterocycles. The summed E-state index contributed by atoms with van der Waals surface area (Å²) in [5.74, 6) is 0. The van der Waals surface area contributed by atoms with Crippen molar-refractivity contribution >= 4 is 0 Å². The van der Waals surface area contributed by atoms with Crippen molar-refractivity contribution in [3.05, 3.63) is 30.8 Å². The van der Waals surface area contributed by atoms with Gasteiger partial charge in [0.15, 0.2) is 6.29 Å². The first-order valence-corrected chi connectivity index (χ1v) is 5.93. The Balaban J connectivity index is 2.17. The van der Waals surface area contributed by atoms with E-state index in [1.54, 1.807) is 0 Å². The van der Waals surface area contributed by atoms with Crippen LogP contribution in [0.4, 0.5) is 0 Å². The average molecular weight is 224 g/mol. The van der Waals surface area contributed by atoms with Gasteiger partial charge in [-0.05, 0) is 38.4 Å². The Morgan fingerprint density at radius 3 is 3.00 bits per heavy atom. The largest absolute Gasteiger partial charge is 0.455 e. The van der Waals surface area contributed by atoms with Crippen LogP contribution in [-0.2, 0) is 4.74 Å². The van der Waals surface area contributed by atoms with E-state index in [2.05, 4.69) is 25.3 Å². The number of hydrogen-bond acceptors (Lipinski definition) is 3. The lowest BCUT2D eigenvalue weighted by Gasteiger charge is -2.27. The van der Waals surface area contributed by atoms with Crippen LogP contribution in [0.2, 0.25) is 0 Å². The highest BCUT2D eigenvalue weighted by Crippen LogP contribution is 2.11. The Hall–Kier alpha value is -0.640. The highest BCUT2D eigenvalue weighted by Gasteiger charge is 2.04. The number of hydrogen-bond donors (Lipinski definition) is 1. The molecule has 1 aliphatic carbocycles. The summed E-state index contributed by atoms with van der Waals surface area (Å²) >= 11 is 0. The molecule has 1 unspecified atom stereocenters. The molecule has 0 bridgehead atoms. The van der Waals surface area contributed by atoms with Crippen molar-refractivity contribution in [2.24, 2.45) is 0 Å². The molecule has 0 radical (unpaired) electrons. The van der Waals surface area contributed by atoms with Crippen LogP contribution >= 0.6 is 0 Å². The molecular formula is C13H22NO2-. The molecule has 1 N–H and O–H groups in total. The predicted octanol–water partition coefficient (Wildman–Crippen LogP) is 2.10. The SMILES string of the molecule is [CH2-]N(CCC(O)OCC)CC1=CCCC=C1. The summed E-state index contributed by atoms with van der Waals surface area (Å²) in [6.45, 7) is 4.01. The summed E-state index contributed by atoms with van der Waals surface area (Å²) in [6.07, 6.45) is 8.81. The third-order valence-corrected chi connectivity index (χ3v) is 2.53. The molecule has 0 aliphatic heterocycles. The Kier molecular flexibility index (Phi) is 6.38. The smallest absolute Gasteiger partial charge is 0.155 e. The van der Waals surface area contributed by atoms with Gasteiger partial charge in [0, 0.05) is 13.0 Å². The van der Waals surface area contributed by atoms with Gasteiger partial charge in [0.1, 0.15) is 0 Å². The molecule has 0 aromatic rings. The van der Waals surface area contributed by atoms with Crippen molar-refractivity contribution in [2.45, 2.75) is 32.5 Å². The molecule has 3 nitrogen and oxygen atoms in total. The standard InChI is InChI=1S/C13H22NO2/c1-3-16-13(15)9-10-14(2)11-12-7-5-4-6-8-12/h5,7-8,13,15H,2-4,6,9-11H2,1H3/q-1. The number of aliphatic hydroxyl groups is 1. The van der Waals surface area contributed by atoms with Crippen molar-refractivity contribution in [2.75, 3.05) is 19.7 Å². The van der Waals surface area contributed by atoms with E-state index in [1.165, 1.54) is 5.57 Å². The minimum atomic E-state index is -0.662. The zero-order valence-corrected chi connectivity index (χ0v) is 10.1. The van der Waals surface area contributed by atoms with Gasteiger partial charge >= 0.3 is 0 Å². The van der Waals surface area contributed by atoms with E-state index in [9.17, 15) is 5.11 Å². The minimum Gasteiger partial charge on any atom is -0.455 e. The zero-order chi connectivity index (χ0) is 11.8. The molecule has 16 heavy (non-hydrogen) atoms. The molecule has 0 aromatic heterocycles. The highest BCUT2D eigenvalue weighted by molar-refractivity contribution is 5.23. The van der Waals surface area contributed by atoms with Crippen LogP contribution < -0.4 is 0 Å². The minimum absolute atomic E-state index is 0.548. The van der Waals surface area contributed by atoms with Crippen molar-refractivity contribution in [3.8, 4) is 0 Å². The van der Waals surface area contributed by atoms with E-state index in [1.807, 2.05) is 11.8 Å². The highest BCUT2D eigenvalue weighted by atomic mass is 16.6. The zero-order valence-electron chi connectivity index (χ0n) is 10.1. The number of ether oxygens (including phenoxy) is 1. The molecule has 0 fully saturated rings. The summed E-state index contributed by atoms with van der Waals surface area (Å²) in [4.78, 5) is 1.96. The Bertz CT molecular complexity index is 248. The van der Waals surface area contributed by atoms with Gasteiger partial charge in [-0.2, -0.15) is 0 Å². The molecule has 1 atom stereocenters. The summed E-state index contributed by atoms with van der Waals surface area (Å²) in [5.41, 5.74) is 1.31. The van der Waals surface area contributed by atoms with Crippen LogP contribution in [0.3, 0.4) is 0 Å². The first-order valence-electron chi connectivity index (χ1n) is 5.93. The van der Waals surface area contributed by atoms with Crippen LogP contribution in [0, 0.1) is 7.05 Å². The monoisotopic (exact) mass is 224 g/mol. The van der Waals surface area contributed by atoms with E-state index in [-0.39, 0.29) is 0 Å². The fourth-order valence-electron chi connectivity index (χ4n) is 1.69. The number of aliphatic hydroxyl groups excluding tert-OH is 1. The molecule has 1 rings (SSSR count). The van der Waals surface area contributed by atoms with Crippen LogP contribution in [0.15, 0.2) is 23.8 Å². The van der Waals surface area contributed by atoms with Crippen molar-refractivity contribution in [1.29, 1.82) is 0 Å². The summed E-state index contributed by atoms with van der Waals surface area (Å²) in [5, 5.41) is 9.40. The molecule has 92 valence electrons. The maximum atomic E-state index is 9.40. The van der Waals surface area contributed by atoms with Crippen LogP contribution in [0.1, 0.15) is 26.2 Å². The lowest BCUT2D eigenvalue weighted by Crippen LogP contribution is -2.24. The molecule has 1 aliphatic rings. The number of nitrogens with zero attached hydrogens (tertiary/aromatic N) is 1. The lowest BCUT2D eigenvalue weighted by molar-refractivity contribution is -0.100. The van der Waals surface area contributed by atoms with Crippen LogP contribution in [-0.4, -0.2) is 36.0 Å². The molecule has 3 heteroatoms. The van der Waals surface area contributed by atoms with E-state index in [4.69, 9.17) is 4.74 Å². The maximum absolute atomic E-state index is 9.40. The van der Waals surface area contributed by atoms with Crippen LogP contribution in [0.25, 0.3) is 0 Å². The van der Waals surface area contributed by atoms with Gasteiger partial charge in [0.25, 0.3) is 0 Å². The third-order valence-electron chi connectivity index (χ3n) is 2.53. The van der Waals surface area contributed by atoms with Gasteiger partial charge in [-0.15, -0.1) is 0 Å². The van der Waals surface area contributed by atoms with E-state index < -0.39 is 6.29 Å². The average Bonchev–Trinajstić information content (AvgIpc) is 2.28. The second-order valence-corrected chi connectivity index (χ2v) is 4.01. The Morgan fingerprint density at radius 1 is 1.56 bits per heavy atom. The summed E-state index contributed by atoms with van der Waals surface area (Å²) < 4.78 is 5.05. The summed E-state index contributed by atoms with van der Waals surface area (Å²) in [7, 11) is 3.96. The van der Waals surface area contributed by atoms with E-state index >= 15 is 0 Å². The molecule has 0 spiro atoms. The number of rotatable bonds is 7. The molecule has 0 aromatic carbocycles. The van der Waals surface area contributed by atoms with Crippen molar-refractivity contribution in [1.82, 2.24) is 4.90 Å². The predicted molar refractivity (Wildman–Crippen MR) is 65.6 cm³/mol. The van der Waals surface area contributed by atoms with Crippen molar-refractivity contribution in [3.63, 3.8) is 0 Å². The Labute approximate surface area is 98.4 Å². The molecule has 0 heterocycles. The first-order chi connectivity index (χ1) is 7.72. The normalized spacial score (nSPS) is 17.6. The van der Waals surface area contributed by atoms with Gasteiger partial charge < -0.3 is 14.7 Å². The van der Waals surface area contributed by atoms with Crippen LogP contribution in [0.5, 0.6) is 0 Å².